The normalized spacial score (nSPS) is 14.0. The highest BCUT2D eigenvalue weighted by atomic mass is 16.5. The second-order valence-electron chi connectivity index (χ2n) is 5.32. The lowest BCUT2D eigenvalue weighted by molar-refractivity contribution is 0.330. The van der Waals surface area contributed by atoms with Gasteiger partial charge in [0.05, 0.1) is 12.3 Å². The molecule has 4 nitrogen and oxygen atoms in total. The minimum absolute atomic E-state index is 0.168. The zero-order chi connectivity index (χ0) is 15.4. The Balaban J connectivity index is 2.16. The minimum Gasteiger partial charge on any atom is -0.494 e. The smallest absolute Gasteiger partial charge is 0.138 e. The van der Waals surface area contributed by atoms with Crippen molar-refractivity contribution in [2.45, 2.75) is 46.7 Å². The third-order valence-corrected chi connectivity index (χ3v) is 3.71. The van der Waals surface area contributed by atoms with Crippen molar-refractivity contribution in [3.63, 3.8) is 0 Å². The van der Waals surface area contributed by atoms with Crippen molar-refractivity contribution in [1.29, 1.82) is 0 Å². The molecule has 0 aliphatic heterocycles. The largest absolute Gasteiger partial charge is 0.494 e. The van der Waals surface area contributed by atoms with E-state index >= 15 is 0 Å². The summed E-state index contributed by atoms with van der Waals surface area (Å²) in [4.78, 5) is 0. The Hall–Kier alpha value is -1.81. The maximum absolute atomic E-state index is 5.71. The van der Waals surface area contributed by atoms with Crippen LogP contribution in [-0.2, 0) is 0 Å². The summed E-state index contributed by atoms with van der Waals surface area (Å²) in [5.41, 5.74) is 3.24. The lowest BCUT2D eigenvalue weighted by atomic mass is 10.0. The molecular weight excluding hydrogens is 264 g/mol. The van der Waals surface area contributed by atoms with E-state index in [2.05, 4.69) is 30.4 Å². The number of hydrogen-bond acceptors (Lipinski definition) is 4. The van der Waals surface area contributed by atoms with E-state index in [-0.39, 0.29) is 12.1 Å². The molecule has 0 saturated carbocycles. The monoisotopic (exact) mass is 288 g/mol. The average molecular weight is 288 g/mol. The fourth-order valence-electron chi connectivity index (χ4n) is 2.78. The summed E-state index contributed by atoms with van der Waals surface area (Å²) in [5, 5.41) is 7.62. The first-order chi connectivity index (χ1) is 10.0. The van der Waals surface area contributed by atoms with Crippen molar-refractivity contribution in [2.75, 3.05) is 6.61 Å². The summed E-state index contributed by atoms with van der Waals surface area (Å²) in [6.45, 7) is 10.9. The zero-order valence-corrected chi connectivity index (χ0v) is 13.4. The first kappa shape index (κ1) is 15.6. The molecule has 0 bridgehead atoms. The molecule has 0 radical (unpaired) electrons. The molecule has 1 aromatic heterocycles. The number of rotatable bonds is 6. The predicted octanol–water partition coefficient (Wildman–Crippen LogP) is 4.10. The number of nitrogens with zero attached hydrogens (tertiary/aromatic N) is 1. The number of nitrogens with one attached hydrogen (secondary N) is 1. The standard InChI is InChI=1S/C17H24N2O2/c1-6-20-16-10-8-7-9-15(16)11(2)18-12(3)17-13(4)19-21-14(17)5/h7-12,18H,6H2,1-5H3. The van der Waals surface area contributed by atoms with Crippen molar-refractivity contribution >= 4 is 0 Å². The van der Waals surface area contributed by atoms with E-state index in [1.807, 2.05) is 39.0 Å². The van der Waals surface area contributed by atoms with Gasteiger partial charge in [0.15, 0.2) is 0 Å². The van der Waals surface area contributed by atoms with E-state index in [9.17, 15) is 0 Å². The van der Waals surface area contributed by atoms with Crippen molar-refractivity contribution in [2.24, 2.45) is 0 Å². The highest BCUT2D eigenvalue weighted by Gasteiger charge is 2.20. The van der Waals surface area contributed by atoms with Gasteiger partial charge in [-0.05, 0) is 40.7 Å². The number of hydrogen-bond donors (Lipinski definition) is 1. The molecular formula is C17H24N2O2. The molecule has 2 rings (SSSR count). The van der Waals surface area contributed by atoms with E-state index in [1.54, 1.807) is 0 Å². The molecule has 1 N–H and O–H groups in total. The Morgan fingerprint density at radius 1 is 1.19 bits per heavy atom. The molecule has 2 atom stereocenters. The molecule has 2 aromatic rings. The van der Waals surface area contributed by atoms with Crippen LogP contribution in [0.25, 0.3) is 0 Å². The maximum Gasteiger partial charge on any atom is 0.138 e. The van der Waals surface area contributed by atoms with Crippen molar-refractivity contribution in [3.05, 3.63) is 46.8 Å². The van der Waals surface area contributed by atoms with Gasteiger partial charge < -0.3 is 14.6 Å². The Morgan fingerprint density at radius 3 is 2.52 bits per heavy atom. The molecule has 0 aliphatic carbocycles. The Morgan fingerprint density at radius 2 is 1.90 bits per heavy atom. The van der Waals surface area contributed by atoms with Crippen molar-refractivity contribution in [1.82, 2.24) is 10.5 Å². The van der Waals surface area contributed by atoms with Crippen LogP contribution in [0.4, 0.5) is 0 Å². The molecule has 0 aliphatic rings. The zero-order valence-electron chi connectivity index (χ0n) is 13.4. The van der Waals surface area contributed by atoms with Crippen LogP contribution in [-0.4, -0.2) is 11.8 Å². The molecule has 114 valence electrons. The molecule has 1 aromatic carbocycles. The maximum atomic E-state index is 5.71. The number of benzene rings is 1. The molecule has 4 heteroatoms. The number of aryl methyl sites for hydroxylation is 2. The lowest BCUT2D eigenvalue weighted by Crippen LogP contribution is -2.23. The molecule has 2 unspecified atom stereocenters. The molecule has 0 spiro atoms. The number of ether oxygens (including phenoxy) is 1. The number of para-hydroxylation sites is 1. The predicted molar refractivity (Wildman–Crippen MR) is 83.6 cm³/mol. The molecule has 21 heavy (non-hydrogen) atoms. The summed E-state index contributed by atoms with van der Waals surface area (Å²) in [6, 6.07) is 8.49. The van der Waals surface area contributed by atoms with Gasteiger partial charge in [-0.25, -0.2) is 0 Å². The minimum atomic E-state index is 0.168. The summed E-state index contributed by atoms with van der Waals surface area (Å²) in [5.74, 6) is 1.81. The van der Waals surface area contributed by atoms with Gasteiger partial charge in [0.25, 0.3) is 0 Å². The summed E-state index contributed by atoms with van der Waals surface area (Å²) in [7, 11) is 0. The second-order valence-corrected chi connectivity index (χ2v) is 5.32. The van der Waals surface area contributed by atoms with E-state index < -0.39 is 0 Å². The number of aromatic nitrogens is 1. The highest BCUT2D eigenvalue weighted by Crippen LogP contribution is 2.28. The average Bonchev–Trinajstić information content (AvgIpc) is 2.79. The SMILES string of the molecule is CCOc1ccccc1C(C)NC(C)c1c(C)noc1C. The molecule has 1 heterocycles. The van der Waals surface area contributed by atoms with Crippen molar-refractivity contribution in [3.8, 4) is 5.75 Å². The van der Waals surface area contributed by atoms with Crippen LogP contribution in [0.3, 0.4) is 0 Å². The van der Waals surface area contributed by atoms with Crippen LogP contribution in [0.5, 0.6) is 5.75 Å². The summed E-state index contributed by atoms with van der Waals surface area (Å²) >= 11 is 0. The van der Waals surface area contributed by atoms with Gasteiger partial charge >= 0.3 is 0 Å². The molecule has 0 fully saturated rings. The van der Waals surface area contributed by atoms with Gasteiger partial charge in [-0.15, -0.1) is 0 Å². The Kier molecular flexibility index (Phi) is 5.02. The quantitative estimate of drug-likeness (QED) is 0.869. The van der Waals surface area contributed by atoms with Crippen LogP contribution in [0.15, 0.2) is 28.8 Å². The van der Waals surface area contributed by atoms with E-state index in [0.29, 0.717) is 6.61 Å². The van der Waals surface area contributed by atoms with Gasteiger partial charge in [-0.3, -0.25) is 0 Å². The topological polar surface area (TPSA) is 47.3 Å². The highest BCUT2D eigenvalue weighted by molar-refractivity contribution is 5.36. The van der Waals surface area contributed by atoms with Crippen molar-refractivity contribution < 1.29 is 9.26 Å². The van der Waals surface area contributed by atoms with Crippen LogP contribution < -0.4 is 10.1 Å². The summed E-state index contributed by atoms with van der Waals surface area (Å²) in [6.07, 6.45) is 0. The Bertz CT molecular complexity index is 573. The van der Waals surface area contributed by atoms with E-state index in [1.165, 1.54) is 0 Å². The van der Waals surface area contributed by atoms with Gasteiger partial charge in [-0.2, -0.15) is 0 Å². The van der Waals surface area contributed by atoms with E-state index in [0.717, 1.165) is 28.3 Å². The van der Waals surface area contributed by atoms with Crippen LogP contribution in [0.2, 0.25) is 0 Å². The van der Waals surface area contributed by atoms with Crippen LogP contribution in [0.1, 0.15) is 55.4 Å². The van der Waals surface area contributed by atoms with Crippen LogP contribution in [0, 0.1) is 13.8 Å². The van der Waals surface area contributed by atoms with E-state index in [4.69, 9.17) is 9.26 Å². The fraction of sp³-hybridized carbons (Fsp3) is 0.471. The van der Waals surface area contributed by atoms with Crippen LogP contribution >= 0.6 is 0 Å². The second kappa shape index (κ2) is 6.76. The first-order valence-electron chi connectivity index (χ1n) is 7.45. The van der Waals surface area contributed by atoms with Gasteiger partial charge in [0.1, 0.15) is 11.5 Å². The summed E-state index contributed by atoms with van der Waals surface area (Å²) < 4.78 is 11.0. The van der Waals surface area contributed by atoms with Gasteiger partial charge in [-0.1, -0.05) is 23.4 Å². The Labute approximate surface area is 126 Å². The molecule has 0 amide bonds. The third-order valence-electron chi connectivity index (χ3n) is 3.71. The van der Waals surface area contributed by atoms with Gasteiger partial charge in [0.2, 0.25) is 0 Å². The lowest BCUT2D eigenvalue weighted by Gasteiger charge is -2.22. The van der Waals surface area contributed by atoms with Gasteiger partial charge in [0, 0.05) is 23.2 Å². The third kappa shape index (κ3) is 3.45. The fourth-order valence-corrected chi connectivity index (χ4v) is 2.78. The molecule has 0 saturated heterocycles. The first-order valence-corrected chi connectivity index (χ1v) is 7.45.